The minimum Gasteiger partial charge on any atom is -0.224 e. The summed E-state index contributed by atoms with van der Waals surface area (Å²) in [6, 6.07) is 0. The molecule has 0 amide bonds. The van der Waals surface area contributed by atoms with Crippen molar-refractivity contribution in [2.45, 2.75) is 18.0 Å². The summed E-state index contributed by atoms with van der Waals surface area (Å²) in [5, 5.41) is 2.23. The lowest BCUT2D eigenvalue weighted by molar-refractivity contribution is -0.139. The van der Waals surface area contributed by atoms with E-state index >= 15 is 0 Å². The molecule has 0 spiro atoms. The van der Waals surface area contributed by atoms with E-state index in [0.717, 1.165) is 23.0 Å². The van der Waals surface area contributed by atoms with E-state index in [0.29, 0.717) is 5.57 Å². The van der Waals surface area contributed by atoms with Gasteiger partial charge >= 0.3 is 6.18 Å². The fourth-order valence-corrected chi connectivity index (χ4v) is 4.24. The van der Waals surface area contributed by atoms with Crippen LogP contribution in [0.5, 0.6) is 0 Å². The molecule has 0 N–H and O–H groups in total. The molecule has 1 heterocycles. The summed E-state index contributed by atoms with van der Waals surface area (Å²) in [6.07, 6.45) is -0.895. The highest BCUT2D eigenvalue weighted by Gasteiger charge is 2.39. The third-order valence-corrected chi connectivity index (χ3v) is 4.79. The van der Waals surface area contributed by atoms with Crippen LogP contribution in [0.1, 0.15) is 17.4 Å². The van der Waals surface area contributed by atoms with Gasteiger partial charge < -0.3 is 0 Å². The van der Waals surface area contributed by atoms with Crippen LogP contribution in [0.25, 0.3) is 5.57 Å². The first-order valence-electron chi connectivity index (χ1n) is 4.95. The van der Waals surface area contributed by atoms with E-state index < -0.39 is 26.5 Å². The van der Waals surface area contributed by atoms with Gasteiger partial charge in [-0.1, -0.05) is 12.2 Å². The molecule has 106 valence electrons. The number of allylic oxidation sites excluding steroid dienone is 3. The number of sulfone groups is 1. The smallest absolute Gasteiger partial charge is 0.224 e. The van der Waals surface area contributed by atoms with Crippen molar-refractivity contribution < 1.29 is 21.6 Å². The Hall–Kier alpha value is -0.730. The normalized spacial score (nSPS) is 14.3. The fraction of sp³-hybridized carbons (Fsp3) is 0.273. The molecule has 0 fully saturated rings. The van der Waals surface area contributed by atoms with E-state index in [-0.39, 0.29) is 4.88 Å². The number of rotatable bonds is 3. The van der Waals surface area contributed by atoms with Gasteiger partial charge in [-0.15, -0.1) is 11.3 Å². The molecule has 0 atom stereocenters. The second-order valence-electron chi connectivity index (χ2n) is 3.77. The van der Waals surface area contributed by atoms with Gasteiger partial charge in [-0.3, -0.25) is 0 Å². The minimum atomic E-state index is -4.69. The zero-order chi connectivity index (χ0) is 14.8. The average molecular weight is 328 g/mol. The van der Waals surface area contributed by atoms with Gasteiger partial charge in [0.05, 0.1) is 10.5 Å². The van der Waals surface area contributed by atoms with Crippen LogP contribution in [0.2, 0.25) is 0 Å². The van der Waals surface area contributed by atoms with Crippen molar-refractivity contribution >= 4 is 39.4 Å². The number of halogens is 3. The Labute approximate surface area is 119 Å². The van der Waals surface area contributed by atoms with Crippen LogP contribution in [0, 0.1) is 0 Å². The first kappa shape index (κ1) is 16.3. The predicted octanol–water partition coefficient (Wildman–Crippen LogP) is 4.02. The van der Waals surface area contributed by atoms with Gasteiger partial charge in [0.25, 0.3) is 0 Å². The average Bonchev–Trinajstić information content (AvgIpc) is 2.69. The van der Waals surface area contributed by atoms with Gasteiger partial charge in [-0.05, 0) is 17.9 Å². The zero-order valence-corrected chi connectivity index (χ0v) is 12.6. The van der Waals surface area contributed by atoms with Crippen molar-refractivity contribution in [2.75, 3.05) is 6.26 Å². The Balaban J connectivity index is 3.57. The third kappa shape index (κ3) is 3.87. The maximum Gasteiger partial charge on any atom is 0.418 e. The van der Waals surface area contributed by atoms with Crippen molar-refractivity contribution in [1.29, 1.82) is 0 Å². The molecule has 1 aromatic rings. The number of alkyl halides is 3. The van der Waals surface area contributed by atoms with Gasteiger partial charge in [0.1, 0.15) is 0 Å². The van der Waals surface area contributed by atoms with E-state index in [4.69, 9.17) is 0 Å². The molecule has 0 aliphatic carbocycles. The molecule has 0 bridgehead atoms. The topological polar surface area (TPSA) is 34.1 Å². The Bertz CT molecular complexity index is 622. The summed E-state index contributed by atoms with van der Waals surface area (Å²) in [4.78, 5) is -0.562. The van der Waals surface area contributed by atoms with Crippen LogP contribution in [0.15, 0.2) is 27.8 Å². The van der Waals surface area contributed by atoms with Gasteiger partial charge in [-0.25, -0.2) is 8.42 Å². The van der Waals surface area contributed by atoms with Crippen molar-refractivity contribution in [1.82, 2.24) is 0 Å². The third-order valence-electron chi connectivity index (χ3n) is 2.21. The molecule has 8 heteroatoms. The van der Waals surface area contributed by atoms with Crippen LogP contribution in [-0.4, -0.2) is 14.7 Å². The quantitative estimate of drug-likeness (QED) is 0.672. The lowest BCUT2D eigenvalue weighted by Gasteiger charge is -2.08. The number of hydrogen-bond donors (Lipinski definition) is 1. The predicted molar refractivity (Wildman–Crippen MR) is 74.2 cm³/mol. The lowest BCUT2D eigenvalue weighted by Crippen LogP contribution is -2.11. The van der Waals surface area contributed by atoms with Crippen LogP contribution in [-0.2, 0) is 16.0 Å². The van der Waals surface area contributed by atoms with Crippen molar-refractivity contribution in [3.63, 3.8) is 0 Å². The molecule has 0 saturated carbocycles. The van der Waals surface area contributed by atoms with E-state index in [2.05, 4.69) is 12.6 Å². The van der Waals surface area contributed by atoms with Crippen LogP contribution < -0.4 is 0 Å². The molecule has 0 aliphatic heterocycles. The molecule has 0 aromatic carbocycles. The molecule has 0 unspecified atom stereocenters. The highest BCUT2D eigenvalue weighted by Crippen LogP contribution is 2.41. The summed E-state index contributed by atoms with van der Waals surface area (Å²) in [5.74, 6) is 0. The number of thiol groups is 1. The second-order valence-corrected chi connectivity index (χ2v) is 6.90. The molecule has 1 rings (SSSR count). The summed E-state index contributed by atoms with van der Waals surface area (Å²) in [6.45, 7) is 1.55. The Morgan fingerprint density at radius 1 is 1.42 bits per heavy atom. The first-order chi connectivity index (χ1) is 8.59. The van der Waals surface area contributed by atoms with E-state index in [1.54, 1.807) is 6.92 Å². The van der Waals surface area contributed by atoms with E-state index in [1.807, 2.05) is 0 Å². The maximum atomic E-state index is 12.8. The van der Waals surface area contributed by atoms with Crippen molar-refractivity contribution in [3.05, 3.63) is 33.4 Å². The molecule has 1 aromatic heterocycles. The molecular weight excluding hydrogens is 317 g/mol. The van der Waals surface area contributed by atoms with Gasteiger partial charge in [0, 0.05) is 16.5 Å². The van der Waals surface area contributed by atoms with Crippen LogP contribution in [0.3, 0.4) is 0 Å². The minimum absolute atomic E-state index is 0.0984. The number of hydrogen-bond acceptors (Lipinski definition) is 4. The SMILES string of the molecule is C/C(=C\C=C/S)c1scc(C(F)(F)F)c1S(C)(=O)=O. The number of thiophene rings is 1. The monoisotopic (exact) mass is 328 g/mol. The summed E-state index contributed by atoms with van der Waals surface area (Å²) >= 11 is 4.58. The molecule has 19 heavy (non-hydrogen) atoms. The molecular formula is C11H11F3O2S3. The standard InChI is InChI=1S/C11H11F3O2S3/c1-7(4-3-5-17)9-10(19(2,15)16)8(6-18-9)11(12,13)14/h3-6,17H,1-2H3/b5-3-,7-4+. The second kappa shape index (κ2) is 5.72. The lowest BCUT2D eigenvalue weighted by atomic mass is 10.2. The van der Waals surface area contributed by atoms with Gasteiger partial charge in [0.2, 0.25) is 0 Å². The van der Waals surface area contributed by atoms with Gasteiger partial charge in [0.15, 0.2) is 9.84 Å². The summed E-state index contributed by atoms with van der Waals surface area (Å²) in [7, 11) is -3.97. The Morgan fingerprint density at radius 2 is 2.00 bits per heavy atom. The van der Waals surface area contributed by atoms with Crippen molar-refractivity contribution in [2.24, 2.45) is 0 Å². The summed E-state index contributed by atoms with van der Waals surface area (Å²) in [5.41, 5.74) is -0.677. The van der Waals surface area contributed by atoms with Crippen LogP contribution >= 0.6 is 24.0 Å². The molecule has 0 saturated heterocycles. The molecule has 0 aliphatic rings. The largest absolute Gasteiger partial charge is 0.418 e. The summed E-state index contributed by atoms with van der Waals surface area (Å²) < 4.78 is 61.6. The van der Waals surface area contributed by atoms with Crippen LogP contribution in [0.4, 0.5) is 13.2 Å². The zero-order valence-electron chi connectivity index (χ0n) is 10.0. The first-order valence-corrected chi connectivity index (χ1v) is 8.24. The fourth-order valence-electron chi connectivity index (χ4n) is 1.45. The van der Waals surface area contributed by atoms with Crippen molar-refractivity contribution in [3.8, 4) is 0 Å². The molecule has 2 nitrogen and oxygen atoms in total. The highest BCUT2D eigenvalue weighted by molar-refractivity contribution is 7.91. The van der Waals surface area contributed by atoms with Gasteiger partial charge in [-0.2, -0.15) is 25.8 Å². The molecule has 0 radical (unpaired) electrons. The van der Waals surface area contributed by atoms with E-state index in [9.17, 15) is 21.6 Å². The Morgan fingerprint density at radius 3 is 2.42 bits per heavy atom. The highest BCUT2D eigenvalue weighted by atomic mass is 32.2. The Kier molecular flexibility index (Phi) is 4.91. The maximum absolute atomic E-state index is 12.8. The van der Waals surface area contributed by atoms with E-state index in [1.165, 1.54) is 17.6 Å².